The minimum atomic E-state index is -0.250. The number of ether oxygens (including phenoxy) is 1. The van der Waals surface area contributed by atoms with Crippen LogP contribution in [0.2, 0.25) is 0 Å². The number of nitrogens with one attached hydrogen (secondary N) is 1. The zero-order chi connectivity index (χ0) is 24.5. The van der Waals surface area contributed by atoms with Crippen LogP contribution in [-0.4, -0.2) is 122 Å². The van der Waals surface area contributed by atoms with Crippen molar-refractivity contribution in [1.29, 1.82) is 0 Å². The van der Waals surface area contributed by atoms with Crippen LogP contribution < -0.4 is 5.32 Å². The summed E-state index contributed by atoms with van der Waals surface area (Å²) >= 11 is 1.55. The number of piperidine rings is 1. The van der Waals surface area contributed by atoms with Gasteiger partial charge in [-0.05, 0) is 45.9 Å². The maximum absolute atomic E-state index is 12.3. The molecule has 2 fully saturated rings. The SMILES string of the molecule is CN(C)Cc1nc(C(=O)NCC2CCN(CCN3CCOCC3)CC2)cs1.O=CO.O=CO. The van der Waals surface area contributed by atoms with E-state index in [4.69, 9.17) is 24.5 Å². The Morgan fingerprint density at radius 2 is 1.70 bits per heavy atom. The number of hydrogen-bond acceptors (Lipinski definition) is 9. The Morgan fingerprint density at radius 3 is 2.24 bits per heavy atom. The zero-order valence-electron chi connectivity index (χ0n) is 19.5. The third-order valence-electron chi connectivity index (χ3n) is 5.33. The van der Waals surface area contributed by atoms with Crippen LogP contribution in [0, 0.1) is 5.92 Å². The van der Waals surface area contributed by atoms with Crippen molar-refractivity contribution < 1.29 is 29.3 Å². The largest absolute Gasteiger partial charge is 0.483 e. The molecule has 1 amide bonds. The van der Waals surface area contributed by atoms with Crippen LogP contribution in [0.4, 0.5) is 0 Å². The molecule has 0 radical (unpaired) electrons. The van der Waals surface area contributed by atoms with E-state index in [1.807, 2.05) is 19.5 Å². The maximum atomic E-state index is 12.3. The number of hydrogen-bond donors (Lipinski definition) is 3. The summed E-state index contributed by atoms with van der Waals surface area (Å²) in [5, 5.41) is 19.7. The highest BCUT2D eigenvalue weighted by Crippen LogP contribution is 2.17. The van der Waals surface area contributed by atoms with Crippen molar-refractivity contribution in [2.45, 2.75) is 19.4 Å². The average molecular weight is 488 g/mol. The van der Waals surface area contributed by atoms with Gasteiger partial charge in [0.15, 0.2) is 0 Å². The first-order chi connectivity index (χ1) is 15.9. The predicted octanol–water partition coefficient (Wildman–Crippen LogP) is 0.380. The van der Waals surface area contributed by atoms with Crippen LogP contribution >= 0.6 is 11.3 Å². The lowest BCUT2D eigenvalue weighted by Crippen LogP contribution is -2.44. The Bertz CT molecular complexity index is 670. The summed E-state index contributed by atoms with van der Waals surface area (Å²) in [7, 11) is 4.02. The summed E-state index contributed by atoms with van der Waals surface area (Å²) in [6, 6.07) is 0. The highest BCUT2D eigenvalue weighted by Gasteiger charge is 2.21. The van der Waals surface area contributed by atoms with Crippen LogP contribution in [0.5, 0.6) is 0 Å². The van der Waals surface area contributed by atoms with Gasteiger partial charge in [-0.25, -0.2) is 4.98 Å². The number of amides is 1. The third kappa shape index (κ3) is 12.6. The quantitative estimate of drug-likeness (QED) is 0.442. The number of nitrogens with zero attached hydrogens (tertiary/aromatic N) is 4. The van der Waals surface area contributed by atoms with Crippen molar-refractivity contribution in [3.05, 3.63) is 16.1 Å². The zero-order valence-corrected chi connectivity index (χ0v) is 20.3. The molecule has 0 saturated carbocycles. The summed E-state index contributed by atoms with van der Waals surface area (Å²) in [5.74, 6) is 0.541. The molecule has 2 saturated heterocycles. The molecule has 3 heterocycles. The van der Waals surface area contributed by atoms with Crippen LogP contribution in [0.25, 0.3) is 0 Å². The first-order valence-electron chi connectivity index (χ1n) is 11.0. The molecule has 1 aromatic heterocycles. The summed E-state index contributed by atoms with van der Waals surface area (Å²) in [6.45, 7) is 9.47. The number of likely N-dealkylation sites (tertiary alicyclic amines) is 1. The number of rotatable bonds is 8. The molecule has 12 heteroatoms. The lowest BCUT2D eigenvalue weighted by atomic mass is 9.97. The minimum Gasteiger partial charge on any atom is -0.483 e. The van der Waals surface area contributed by atoms with E-state index in [1.54, 1.807) is 11.3 Å². The lowest BCUT2D eigenvalue weighted by molar-refractivity contribution is -0.123. The van der Waals surface area contributed by atoms with Crippen molar-refractivity contribution in [3.63, 3.8) is 0 Å². The number of thiazole rings is 1. The van der Waals surface area contributed by atoms with Gasteiger partial charge in [0, 0.05) is 44.6 Å². The van der Waals surface area contributed by atoms with Crippen molar-refractivity contribution in [3.8, 4) is 0 Å². The van der Waals surface area contributed by atoms with Gasteiger partial charge in [-0.2, -0.15) is 0 Å². The standard InChI is InChI=1S/C19H33N5O2S.2CH2O2/c1-22(2)14-18-21-17(15-27-18)19(25)20-13-16-3-5-23(6-4-16)7-8-24-9-11-26-12-10-24;2*2-1-3/h15-16H,3-14H2,1-2H3,(H,20,25);2*1H,(H,2,3). The monoisotopic (exact) mass is 487 g/mol. The van der Waals surface area contributed by atoms with E-state index in [0.717, 1.165) is 83.4 Å². The second-order valence-electron chi connectivity index (χ2n) is 8.02. The van der Waals surface area contributed by atoms with E-state index < -0.39 is 0 Å². The molecular weight excluding hydrogens is 450 g/mol. The number of morpholine rings is 1. The summed E-state index contributed by atoms with van der Waals surface area (Å²) in [4.78, 5) is 40.6. The molecule has 0 unspecified atom stereocenters. The fourth-order valence-corrected chi connectivity index (χ4v) is 4.50. The second-order valence-corrected chi connectivity index (χ2v) is 8.97. The molecule has 33 heavy (non-hydrogen) atoms. The summed E-state index contributed by atoms with van der Waals surface area (Å²) < 4.78 is 5.41. The molecule has 11 nitrogen and oxygen atoms in total. The van der Waals surface area contributed by atoms with Crippen LogP contribution in [0.15, 0.2) is 5.38 Å². The summed E-state index contributed by atoms with van der Waals surface area (Å²) in [5.41, 5.74) is 0.555. The fourth-order valence-electron chi connectivity index (χ4n) is 3.61. The van der Waals surface area contributed by atoms with Gasteiger partial charge in [-0.1, -0.05) is 0 Å². The molecule has 0 aliphatic carbocycles. The molecular formula is C21H37N5O6S. The van der Waals surface area contributed by atoms with Gasteiger partial charge in [0.1, 0.15) is 10.7 Å². The van der Waals surface area contributed by atoms with Gasteiger partial charge in [0.2, 0.25) is 0 Å². The maximum Gasteiger partial charge on any atom is 0.290 e. The van der Waals surface area contributed by atoms with Crippen molar-refractivity contribution in [2.24, 2.45) is 5.92 Å². The van der Waals surface area contributed by atoms with Crippen LogP contribution in [-0.2, 0) is 20.9 Å². The molecule has 0 bridgehead atoms. The van der Waals surface area contributed by atoms with E-state index >= 15 is 0 Å². The second kappa shape index (κ2) is 17.4. The normalized spacial score (nSPS) is 17.3. The van der Waals surface area contributed by atoms with Gasteiger partial charge in [-0.3, -0.25) is 19.3 Å². The minimum absolute atomic E-state index is 0.0361. The molecule has 3 rings (SSSR count). The molecule has 0 aromatic carbocycles. The Labute approximate surface area is 199 Å². The number of aromatic nitrogens is 1. The van der Waals surface area contributed by atoms with Crippen molar-refractivity contribution in [1.82, 2.24) is 25.0 Å². The van der Waals surface area contributed by atoms with Crippen LogP contribution in [0.3, 0.4) is 0 Å². The lowest BCUT2D eigenvalue weighted by Gasteiger charge is -2.34. The Balaban J connectivity index is 0.000000819. The number of carbonyl (C=O) groups is 3. The number of carboxylic acid groups (broad SMARTS) is 2. The Kier molecular flexibility index (Phi) is 15.2. The summed E-state index contributed by atoms with van der Waals surface area (Å²) in [6.07, 6.45) is 2.32. The topological polar surface area (TPSA) is 136 Å². The van der Waals surface area contributed by atoms with E-state index in [0.29, 0.717) is 11.6 Å². The third-order valence-corrected chi connectivity index (χ3v) is 6.16. The van der Waals surface area contributed by atoms with Gasteiger partial charge < -0.3 is 30.1 Å². The van der Waals surface area contributed by atoms with E-state index in [9.17, 15) is 4.79 Å². The van der Waals surface area contributed by atoms with Gasteiger partial charge >= 0.3 is 0 Å². The van der Waals surface area contributed by atoms with E-state index in [2.05, 4.69) is 25.0 Å². The fraction of sp³-hybridized carbons (Fsp3) is 0.714. The average Bonchev–Trinajstić information content (AvgIpc) is 3.26. The van der Waals surface area contributed by atoms with Crippen molar-refractivity contribution >= 4 is 30.2 Å². The molecule has 188 valence electrons. The van der Waals surface area contributed by atoms with Gasteiger partial charge in [0.25, 0.3) is 18.9 Å². The molecule has 2 aliphatic heterocycles. The first kappa shape index (κ1) is 28.9. The highest BCUT2D eigenvalue weighted by molar-refractivity contribution is 7.09. The molecule has 1 aromatic rings. The first-order valence-corrected chi connectivity index (χ1v) is 11.9. The Hall–Kier alpha value is -2.12. The van der Waals surface area contributed by atoms with Gasteiger partial charge in [0.05, 0.1) is 13.2 Å². The van der Waals surface area contributed by atoms with Crippen LogP contribution in [0.1, 0.15) is 28.3 Å². The van der Waals surface area contributed by atoms with E-state index in [-0.39, 0.29) is 18.9 Å². The number of carbonyl (C=O) groups excluding carboxylic acids is 1. The molecule has 2 aliphatic rings. The predicted molar refractivity (Wildman–Crippen MR) is 126 cm³/mol. The molecule has 3 N–H and O–H groups in total. The Morgan fingerprint density at radius 1 is 1.15 bits per heavy atom. The van der Waals surface area contributed by atoms with E-state index in [1.165, 1.54) is 0 Å². The van der Waals surface area contributed by atoms with Gasteiger partial charge in [-0.15, -0.1) is 11.3 Å². The molecule has 0 atom stereocenters. The van der Waals surface area contributed by atoms with Crippen molar-refractivity contribution in [2.75, 3.05) is 73.1 Å². The smallest absolute Gasteiger partial charge is 0.290 e. The molecule has 0 spiro atoms. The highest BCUT2D eigenvalue weighted by atomic mass is 32.1.